The minimum absolute atomic E-state index is 0.213. The van der Waals surface area contributed by atoms with Crippen LogP contribution in [0.4, 0.5) is 0 Å². The van der Waals surface area contributed by atoms with Gasteiger partial charge in [-0.3, -0.25) is 0 Å². The van der Waals surface area contributed by atoms with E-state index in [0.29, 0.717) is 0 Å². The third-order valence-corrected chi connectivity index (χ3v) is 6.79. The second-order valence-electron chi connectivity index (χ2n) is 10.1. The highest BCUT2D eigenvalue weighted by molar-refractivity contribution is 4.58. The molecule has 0 aliphatic heterocycles. The Morgan fingerprint density at radius 3 is 1.00 bits per heavy atom. The molecule has 0 aromatic rings. The highest BCUT2D eigenvalue weighted by atomic mass is 15.0. The first-order valence-corrected chi connectivity index (χ1v) is 14.8. The van der Waals surface area contributed by atoms with E-state index in [1.54, 1.807) is 0 Å². The third-order valence-electron chi connectivity index (χ3n) is 6.79. The molecule has 31 heavy (non-hydrogen) atoms. The van der Waals surface area contributed by atoms with Crippen LogP contribution in [-0.4, -0.2) is 12.7 Å². The Morgan fingerprint density at radius 2 is 0.710 bits per heavy atom. The number of unbranched alkanes of at least 4 members (excludes halogenated alkanes) is 22. The van der Waals surface area contributed by atoms with E-state index in [4.69, 9.17) is 5.73 Å². The fourth-order valence-electron chi connectivity index (χ4n) is 4.61. The van der Waals surface area contributed by atoms with Crippen molar-refractivity contribution in [2.75, 3.05) is 6.54 Å². The van der Waals surface area contributed by atoms with Gasteiger partial charge in [-0.2, -0.15) is 0 Å². The second-order valence-corrected chi connectivity index (χ2v) is 10.1. The van der Waals surface area contributed by atoms with Crippen molar-refractivity contribution in [1.29, 1.82) is 0 Å². The van der Waals surface area contributed by atoms with Crippen LogP contribution in [0.5, 0.6) is 0 Å². The Balaban J connectivity index is 3.02. The summed E-state index contributed by atoms with van der Waals surface area (Å²) in [6.07, 6.45) is 35.8. The van der Waals surface area contributed by atoms with E-state index in [9.17, 15) is 0 Å². The van der Waals surface area contributed by atoms with Crippen LogP contribution in [0.3, 0.4) is 0 Å². The first kappa shape index (κ1) is 30.9. The van der Waals surface area contributed by atoms with Crippen molar-refractivity contribution in [3.63, 3.8) is 0 Å². The van der Waals surface area contributed by atoms with E-state index in [2.05, 4.69) is 19.2 Å². The van der Waals surface area contributed by atoms with Crippen molar-refractivity contribution < 1.29 is 0 Å². The summed E-state index contributed by atoms with van der Waals surface area (Å²) in [4.78, 5) is 0. The van der Waals surface area contributed by atoms with Gasteiger partial charge in [0.2, 0.25) is 0 Å². The summed E-state index contributed by atoms with van der Waals surface area (Å²) in [6.45, 7) is 5.60. The largest absolute Gasteiger partial charge is 0.316 e. The number of rotatable bonds is 27. The van der Waals surface area contributed by atoms with Gasteiger partial charge in [-0.1, -0.05) is 162 Å². The quantitative estimate of drug-likeness (QED) is 0.0989. The number of hydrogen-bond acceptors (Lipinski definition) is 2. The normalized spacial score (nSPS) is 12.5. The minimum atomic E-state index is 0.213. The molecule has 1 unspecified atom stereocenters. The van der Waals surface area contributed by atoms with Gasteiger partial charge in [-0.05, 0) is 19.4 Å². The van der Waals surface area contributed by atoms with Crippen LogP contribution < -0.4 is 11.1 Å². The van der Waals surface area contributed by atoms with Gasteiger partial charge in [0.25, 0.3) is 0 Å². The zero-order valence-electron chi connectivity index (χ0n) is 22.0. The van der Waals surface area contributed by atoms with Gasteiger partial charge >= 0.3 is 0 Å². The fourth-order valence-corrected chi connectivity index (χ4v) is 4.61. The van der Waals surface area contributed by atoms with Gasteiger partial charge in [0.15, 0.2) is 0 Å². The minimum Gasteiger partial charge on any atom is -0.316 e. The fraction of sp³-hybridized carbons (Fsp3) is 1.00. The summed E-state index contributed by atoms with van der Waals surface area (Å²) < 4.78 is 0. The van der Waals surface area contributed by atoms with Crippen molar-refractivity contribution in [2.45, 2.75) is 181 Å². The van der Waals surface area contributed by atoms with Crippen molar-refractivity contribution >= 4 is 0 Å². The van der Waals surface area contributed by atoms with Crippen molar-refractivity contribution in [3.8, 4) is 0 Å². The molecule has 3 N–H and O–H groups in total. The van der Waals surface area contributed by atoms with E-state index in [0.717, 1.165) is 13.0 Å². The van der Waals surface area contributed by atoms with Crippen LogP contribution in [0.1, 0.15) is 174 Å². The van der Waals surface area contributed by atoms with Crippen LogP contribution in [0, 0.1) is 0 Å². The maximum Gasteiger partial charge on any atom is 0.0546 e. The number of nitrogens with two attached hydrogens (primary N) is 1. The average Bonchev–Trinajstić information content (AvgIpc) is 2.77. The van der Waals surface area contributed by atoms with E-state index in [1.165, 1.54) is 154 Å². The first-order chi connectivity index (χ1) is 15.3. The molecule has 0 bridgehead atoms. The topological polar surface area (TPSA) is 38.0 Å². The summed E-state index contributed by atoms with van der Waals surface area (Å²) in [5, 5.41) is 3.43. The molecule has 0 fully saturated rings. The van der Waals surface area contributed by atoms with Gasteiger partial charge < -0.3 is 11.1 Å². The van der Waals surface area contributed by atoms with Crippen LogP contribution in [0.15, 0.2) is 0 Å². The molecular weight excluding hydrogens is 376 g/mol. The van der Waals surface area contributed by atoms with Gasteiger partial charge in [0.1, 0.15) is 0 Å². The standard InChI is InChI=1S/C29H62N2/c1-3-5-6-7-8-9-10-11-12-13-14-15-16-17-18-19-20-21-22-23-24-25-26-28-31-29(30)27-4-2/h29,31H,3-28,30H2,1-2H3. The zero-order chi connectivity index (χ0) is 22.7. The SMILES string of the molecule is CCCCCCCCCCCCCCCCCCCCCCCCCNC(N)CCC. The summed E-state index contributed by atoms with van der Waals surface area (Å²) in [7, 11) is 0. The Hall–Kier alpha value is -0.0800. The van der Waals surface area contributed by atoms with Crippen LogP contribution in [0.2, 0.25) is 0 Å². The molecule has 2 heteroatoms. The number of nitrogens with one attached hydrogen (secondary N) is 1. The Kier molecular flexibility index (Phi) is 27.9. The van der Waals surface area contributed by atoms with Gasteiger partial charge in [0.05, 0.1) is 6.17 Å². The predicted octanol–water partition coefficient (Wildman–Crippen LogP) is 9.65. The van der Waals surface area contributed by atoms with E-state index in [1.807, 2.05) is 0 Å². The lowest BCUT2D eigenvalue weighted by Crippen LogP contribution is -2.37. The Bertz CT molecular complexity index is 305. The molecule has 0 aliphatic rings. The highest BCUT2D eigenvalue weighted by Crippen LogP contribution is 2.15. The van der Waals surface area contributed by atoms with E-state index in [-0.39, 0.29) is 6.17 Å². The van der Waals surface area contributed by atoms with E-state index >= 15 is 0 Å². The monoisotopic (exact) mass is 438 g/mol. The van der Waals surface area contributed by atoms with Crippen LogP contribution >= 0.6 is 0 Å². The molecule has 0 rings (SSSR count). The molecule has 2 nitrogen and oxygen atoms in total. The molecule has 0 amide bonds. The van der Waals surface area contributed by atoms with Crippen molar-refractivity contribution in [3.05, 3.63) is 0 Å². The number of hydrogen-bond donors (Lipinski definition) is 2. The first-order valence-electron chi connectivity index (χ1n) is 14.8. The molecule has 0 aromatic carbocycles. The lowest BCUT2D eigenvalue weighted by molar-refractivity contribution is 0.470. The van der Waals surface area contributed by atoms with Crippen LogP contribution in [0.25, 0.3) is 0 Å². The second kappa shape index (κ2) is 28.0. The summed E-state index contributed by atoms with van der Waals surface area (Å²) >= 11 is 0. The predicted molar refractivity (Wildman–Crippen MR) is 143 cm³/mol. The molecule has 0 spiro atoms. The lowest BCUT2D eigenvalue weighted by atomic mass is 10.0. The maximum absolute atomic E-state index is 5.97. The molecule has 0 aliphatic carbocycles. The molecule has 1 atom stereocenters. The Morgan fingerprint density at radius 1 is 0.419 bits per heavy atom. The molecule has 0 heterocycles. The molecule has 188 valence electrons. The maximum atomic E-state index is 5.97. The molecule has 0 radical (unpaired) electrons. The smallest absolute Gasteiger partial charge is 0.0546 e. The average molecular weight is 439 g/mol. The zero-order valence-corrected chi connectivity index (χ0v) is 22.0. The Labute approximate surface area is 198 Å². The van der Waals surface area contributed by atoms with E-state index < -0.39 is 0 Å². The molecule has 0 aromatic heterocycles. The lowest BCUT2D eigenvalue weighted by Gasteiger charge is -2.12. The molecule has 0 saturated heterocycles. The summed E-state index contributed by atoms with van der Waals surface area (Å²) in [6, 6.07) is 0. The summed E-state index contributed by atoms with van der Waals surface area (Å²) in [5.74, 6) is 0. The van der Waals surface area contributed by atoms with Crippen LogP contribution in [-0.2, 0) is 0 Å². The highest BCUT2D eigenvalue weighted by Gasteiger charge is 1.99. The van der Waals surface area contributed by atoms with Gasteiger partial charge in [-0.25, -0.2) is 0 Å². The van der Waals surface area contributed by atoms with Gasteiger partial charge in [-0.15, -0.1) is 0 Å². The van der Waals surface area contributed by atoms with Crippen molar-refractivity contribution in [1.82, 2.24) is 5.32 Å². The van der Waals surface area contributed by atoms with Crippen molar-refractivity contribution in [2.24, 2.45) is 5.73 Å². The molecule has 0 saturated carbocycles. The third kappa shape index (κ3) is 27.9. The summed E-state index contributed by atoms with van der Waals surface area (Å²) in [5.41, 5.74) is 5.97. The molecular formula is C29H62N2. The van der Waals surface area contributed by atoms with Gasteiger partial charge in [0, 0.05) is 0 Å².